The molecule has 0 aromatic heterocycles. The molecule has 0 aromatic rings. The second kappa shape index (κ2) is 6.57. The summed E-state index contributed by atoms with van der Waals surface area (Å²) in [6.45, 7) is 2.46. The van der Waals surface area contributed by atoms with Crippen molar-refractivity contribution >= 4 is 11.8 Å². The van der Waals surface area contributed by atoms with Crippen molar-refractivity contribution in [3.05, 3.63) is 0 Å². The minimum absolute atomic E-state index is 0.242. The number of likely N-dealkylation sites (tertiary alicyclic amines) is 2. The fourth-order valence-corrected chi connectivity index (χ4v) is 4.57. The lowest BCUT2D eigenvalue weighted by Crippen LogP contribution is -2.51. The van der Waals surface area contributed by atoms with E-state index in [1.54, 1.807) is 4.90 Å². The van der Waals surface area contributed by atoms with Crippen LogP contribution < -0.4 is 0 Å². The van der Waals surface area contributed by atoms with Crippen molar-refractivity contribution in [1.82, 2.24) is 9.80 Å². The highest BCUT2D eigenvalue weighted by Crippen LogP contribution is 2.40. The summed E-state index contributed by atoms with van der Waals surface area (Å²) in [6.07, 6.45) is 9.15. The quantitative estimate of drug-likeness (QED) is 0.857. The highest BCUT2D eigenvalue weighted by Gasteiger charge is 2.49. The molecule has 1 spiro atoms. The number of aliphatic hydroxyl groups is 1. The molecule has 1 aliphatic carbocycles. The number of hydrogen-bond acceptors (Lipinski definition) is 3. The monoisotopic (exact) mass is 308 g/mol. The Morgan fingerprint density at radius 1 is 1.14 bits per heavy atom. The molecular formula is C17H28N2O3. The maximum absolute atomic E-state index is 13.0. The summed E-state index contributed by atoms with van der Waals surface area (Å²) < 4.78 is 0. The molecule has 2 saturated heterocycles. The standard InChI is InChI=1S/C17H28N2O3/c20-12-15(21)19-10-8-17(13-19)7-4-9-18(16(17)22)11-14-5-2-1-3-6-14/h14,20H,1-13H2. The molecule has 1 N–H and O–H groups in total. The van der Waals surface area contributed by atoms with Gasteiger partial charge in [-0.2, -0.15) is 0 Å². The second-order valence-electron chi connectivity index (χ2n) is 7.36. The Balaban J connectivity index is 1.64. The summed E-state index contributed by atoms with van der Waals surface area (Å²) in [5.74, 6) is 0.691. The van der Waals surface area contributed by atoms with Crippen LogP contribution in [0.15, 0.2) is 0 Å². The number of carbonyl (C=O) groups excluding carboxylic acids is 2. The number of amides is 2. The van der Waals surface area contributed by atoms with E-state index in [2.05, 4.69) is 4.90 Å². The average Bonchev–Trinajstić information content (AvgIpc) is 2.97. The van der Waals surface area contributed by atoms with Crippen LogP contribution in [-0.2, 0) is 9.59 Å². The summed E-state index contributed by atoms with van der Waals surface area (Å²) in [5.41, 5.74) is -0.363. The van der Waals surface area contributed by atoms with Crippen LogP contribution in [0.4, 0.5) is 0 Å². The summed E-state index contributed by atoms with van der Waals surface area (Å²) in [4.78, 5) is 28.4. The molecule has 124 valence electrons. The third-order valence-corrected chi connectivity index (χ3v) is 5.87. The van der Waals surface area contributed by atoms with Gasteiger partial charge in [0, 0.05) is 26.2 Å². The number of nitrogens with zero attached hydrogens (tertiary/aromatic N) is 2. The van der Waals surface area contributed by atoms with Gasteiger partial charge in [0.1, 0.15) is 6.61 Å². The Labute approximate surface area is 132 Å². The third kappa shape index (κ3) is 3.00. The van der Waals surface area contributed by atoms with Gasteiger partial charge >= 0.3 is 0 Å². The van der Waals surface area contributed by atoms with Crippen LogP contribution in [0.25, 0.3) is 0 Å². The molecule has 3 aliphatic rings. The summed E-state index contributed by atoms with van der Waals surface area (Å²) in [7, 11) is 0. The Morgan fingerprint density at radius 3 is 2.64 bits per heavy atom. The van der Waals surface area contributed by atoms with Crippen LogP contribution >= 0.6 is 0 Å². The number of piperidine rings is 1. The molecule has 22 heavy (non-hydrogen) atoms. The van der Waals surface area contributed by atoms with E-state index in [4.69, 9.17) is 5.11 Å². The topological polar surface area (TPSA) is 60.9 Å². The van der Waals surface area contributed by atoms with Gasteiger partial charge in [0.05, 0.1) is 5.41 Å². The van der Waals surface area contributed by atoms with E-state index in [0.717, 1.165) is 32.4 Å². The van der Waals surface area contributed by atoms with Crippen molar-refractivity contribution in [3.8, 4) is 0 Å². The van der Waals surface area contributed by atoms with Gasteiger partial charge in [-0.1, -0.05) is 19.3 Å². The lowest BCUT2D eigenvalue weighted by molar-refractivity contribution is -0.147. The summed E-state index contributed by atoms with van der Waals surface area (Å²) >= 11 is 0. The lowest BCUT2D eigenvalue weighted by Gasteiger charge is -2.41. The molecule has 0 bridgehead atoms. The average molecular weight is 308 g/mol. The zero-order chi connectivity index (χ0) is 15.6. The fraction of sp³-hybridized carbons (Fsp3) is 0.882. The smallest absolute Gasteiger partial charge is 0.248 e. The largest absolute Gasteiger partial charge is 0.387 e. The Hall–Kier alpha value is -1.10. The Bertz CT molecular complexity index is 434. The van der Waals surface area contributed by atoms with Crippen LogP contribution in [-0.4, -0.2) is 59.5 Å². The first-order valence-electron chi connectivity index (χ1n) is 8.83. The predicted molar refractivity (Wildman–Crippen MR) is 83.1 cm³/mol. The Morgan fingerprint density at radius 2 is 1.91 bits per heavy atom. The maximum atomic E-state index is 13.0. The maximum Gasteiger partial charge on any atom is 0.248 e. The molecule has 5 nitrogen and oxygen atoms in total. The van der Waals surface area contributed by atoms with Crippen LogP contribution in [0.5, 0.6) is 0 Å². The molecule has 2 aliphatic heterocycles. The van der Waals surface area contributed by atoms with Gasteiger partial charge in [0.25, 0.3) is 0 Å². The van der Waals surface area contributed by atoms with E-state index < -0.39 is 6.61 Å². The molecule has 3 fully saturated rings. The van der Waals surface area contributed by atoms with Gasteiger partial charge in [-0.15, -0.1) is 0 Å². The van der Waals surface area contributed by atoms with Crippen molar-refractivity contribution in [2.45, 2.75) is 51.4 Å². The third-order valence-electron chi connectivity index (χ3n) is 5.87. The van der Waals surface area contributed by atoms with E-state index in [0.29, 0.717) is 19.0 Å². The van der Waals surface area contributed by atoms with Crippen LogP contribution in [0.2, 0.25) is 0 Å². The molecule has 3 rings (SSSR count). The normalized spacial score (nSPS) is 30.3. The van der Waals surface area contributed by atoms with Gasteiger partial charge in [-0.25, -0.2) is 0 Å². The minimum Gasteiger partial charge on any atom is -0.387 e. The molecule has 1 saturated carbocycles. The van der Waals surface area contributed by atoms with Gasteiger partial charge < -0.3 is 14.9 Å². The predicted octanol–water partition coefficient (Wildman–Crippen LogP) is 1.40. The number of rotatable bonds is 3. The highest BCUT2D eigenvalue weighted by atomic mass is 16.3. The summed E-state index contributed by atoms with van der Waals surface area (Å²) in [6, 6.07) is 0. The lowest BCUT2D eigenvalue weighted by atomic mass is 9.77. The molecule has 2 amide bonds. The molecule has 1 atom stereocenters. The molecule has 1 unspecified atom stereocenters. The highest BCUT2D eigenvalue weighted by molar-refractivity contribution is 5.86. The van der Waals surface area contributed by atoms with E-state index >= 15 is 0 Å². The van der Waals surface area contributed by atoms with Gasteiger partial charge in [0.2, 0.25) is 11.8 Å². The van der Waals surface area contributed by atoms with Crippen LogP contribution in [0.1, 0.15) is 51.4 Å². The van der Waals surface area contributed by atoms with E-state index in [9.17, 15) is 9.59 Å². The minimum atomic E-state index is -0.448. The van der Waals surface area contributed by atoms with Crippen molar-refractivity contribution in [2.75, 3.05) is 32.8 Å². The Kier molecular flexibility index (Phi) is 4.71. The first-order valence-corrected chi connectivity index (χ1v) is 8.83. The molecule has 0 aromatic carbocycles. The number of hydrogen-bond donors (Lipinski definition) is 1. The first kappa shape index (κ1) is 15.8. The SMILES string of the molecule is O=C(CO)N1CCC2(CCCN(CC3CCCCC3)C2=O)C1. The molecular weight excluding hydrogens is 280 g/mol. The fourth-order valence-electron chi connectivity index (χ4n) is 4.57. The van der Waals surface area contributed by atoms with Gasteiger partial charge in [0.15, 0.2) is 0 Å². The van der Waals surface area contributed by atoms with E-state index in [-0.39, 0.29) is 17.2 Å². The van der Waals surface area contributed by atoms with E-state index in [1.807, 2.05) is 0 Å². The second-order valence-corrected chi connectivity index (χ2v) is 7.36. The van der Waals surface area contributed by atoms with Crippen LogP contribution in [0, 0.1) is 11.3 Å². The molecule has 5 heteroatoms. The summed E-state index contributed by atoms with van der Waals surface area (Å²) in [5, 5.41) is 9.03. The van der Waals surface area contributed by atoms with Crippen molar-refractivity contribution in [1.29, 1.82) is 0 Å². The van der Waals surface area contributed by atoms with Crippen molar-refractivity contribution in [2.24, 2.45) is 11.3 Å². The zero-order valence-electron chi connectivity index (χ0n) is 13.4. The molecule has 0 radical (unpaired) electrons. The van der Waals surface area contributed by atoms with E-state index in [1.165, 1.54) is 32.1 Å². The first-order chi connectivity index (χ1) is 10.6. The number of aliphatic hydroxyl groups excluding tert-OH is 1. The van der Waals surface area contributed by atoms with Crippen molar-refractivity contribution < 1.29 is 14.7 Å². The number of carbonyl (C=O) groups is 2. The zero-order valence-corrected chi connectivity index (χ0v) is 13.4. The van der Waals surface area contributed by atoms with Gasteiger partial charge in [-0.05, 0) is 38.0 Å². The van der Waals surface area contributed by atoms with Crippen LogP contribution in [0.3, 0.4) is 0 Å². The van der Waals surface area contributed by atoms with Gasteiger partial charge in [-0.3, -0.25) is 9.59 Å². The molecule has 2 heterocycles. The van der Waals surface area contributed by atoms with Crippen molar-refractivity contribution in [3.63, 3.8) is 0 Å².